The molecule has 0 unspecified atom stereocenters. The Hall–Kier alpha value is -3.35. The minimum absolute atomic E-state index is 0.0997. The number of fused-ring (bicyclic) bond motifs is 1. The first-order chi connectivity index (χ1) is 14.2. The van der Waals surface area contributed by atoms with Gasteiger partial charge in [-0.3, -0.25) is 9.59 Å². The quantitative estimate of drug-likeness (QED) is 0.630. The Morgan fingerprint density at radius 1 is 1.03 bits per heavy atom. The average Bonchev–Trinajstić information content (AvgIpc) is 3.18. The number of piperazine rings is 1. The topological polar surface area (TPSA) is 81.3 Å². The van der Waals surface area contributed by atoms with Gasteiger partial charge in [0.25, 0.3) is 0 Å². The second-order valence-electron chi connectivity index (χ2n) is 7.19. The maximum atomic E-state index is 12.4. The van der Waals surface area contributed by atoms with E-state index >= 15 is 0 Å². The van der Waals surface area contributed by atoms with E-state index in [-0.39, 0.29) is 18.2 Å². The minimum Gasteiger partial charge on any atom is -0.361 e. The summed E-state index contributed by atoms with van der Waals surface area (Å²) < 4.78 is 0. The number of rotatable bonds is 6. The predicted molar refractivity (Wildman–Crippen MR) is 113 cm³/mol. The zero-order chi connectivity index (χ0) is 20.1. The molecule has 3 aromatic rings. The summed E-state index contributed by atoms with van der Waals surface area (Å²) in [4.78, 5) is 36.1. The number of carbonyl (C=O) groups is 2. The molecule has 4 rings (SSSR count). The molecular weight excluding hydrogens is 366 g/mol. The van der Waals surface area contributed by atoms with E-state index < -0.39 is 0 Å². The lowest BCUT2D eigenvalue weighted by Gasteiger charge is -2.35. The van der Waals surface area contributed by atoms with Crippen LogP contribution < -0.4 is 10.2 Å². The normalized spacial score (nSPS) is 14.2. The number of hydrogen-bond acceptors (Lipinski definition) is 4. The van der Waals surface area contributed by atoms with Crippen LogP contribution in [0.3, 0.4) is 0 Å². The SMILES string of the molecule is O=C(CC(=O)N1CCN(c2ccccn2)CC1)NCCc1c[nH]c2ccccc12. The second kappa shape index (κ2) is 8.77. The molecule has 0 aliphatic carbocycles. The van der Waals surface area contributed by atoms with E-state index in [0.717, 1.165) is 36.4 Å². The van der Waals surface area contributed by atoms with Gasteiger partial charge in [-0.05, 0) is 30.2 Å². The van der Waals surface area contributed by atoms with Gasteiger partial charge in [-0.1, -0.05) is 24.3 Å². The van der Waals surface area contributed by atoms with Crippen molar-refractivity contribution in [2.45, 2.75) is 12.8 Å². The number of carbonyl (C=O) groups excluding carboxylic acids is 2. The Morgan fingerprint density at radius 3 is 2.62 bits per heavy atom. The van der Waals surface area contributed by atoms with Crippen molar-refractivity contribution >= 4 is 28.5 Å². The highest BCUT2D eigenvalue weighted by molar-refractivity contribution is 5.97. The van der Waals surface area contributed by atoms with Gasteiger partial charge in [0.2, 0.25) is 11.8 Å². The fourth-order valence-electron chi connectivity index (χ4n) is 3.71. The molecule has 0 radical (unpaired) electrons. The monoisotopic (exact) mass is 391 g/mol. The van der Waals surface area contributed by atoms with Gasteiger partial charge in [0.15, 0.2) is 0 Å². The zero-order valence-electron chi connectivity index (χ0n) is 16.3. The van der Waals surface area contributed by atoms with E-state index in [0.29, 0.717) is 19.6 Å². The van der Waals surface area contributed by atoms with Crippen LogP contribution in [-0.4, -0.2) is 59.4 Å². The molecular formula is C22H25N5O2. The third-order valence-corrected chi connectivity index (χ3v) is 5.31. The van der Waals surface area contributed by atoms with Crippen LogP contribution in [0.15, 0.2) is 54.9 Å². The summed E-state index contributed by atoms with van der Waals surface area (Å²) in [6.45, 7) is 3.19. The number of H-pyrrole nitrogens is 1. The molecule has 0 spiro atoms. The van der Waals surface area contributed by atoms with E-state index in [2.05, 4.69) is 26.3 Å². The predicted octanol–water partition coefficient (Wildman–Crippen LogP) is 1.96. The number of anilines is 1. The fourth-order valence-corrected chi connectivity index (χ4v) is 3.71. The van der Waals surface area contributed by atoms with Gasteiger partial charge in [-0.25, -0.2) is 4.98 Å². The van der Waals surface area contributed by atoms with E-state index in [4.69, 9.17) is 0 Å². The number of pyridine rings is 1. The highest BCUT2D eigenvalue weighted by Crippen LogP contribution is 2.17. The number of nitrogens with one attached hydrogen (secondary N) is 2. The summed E-state index contributed by atoms with van der Waals surface area (Å²) in [7, 11) is 0. The molecule has 3 heterocycles. The van der Waals surface area contributed by atoms with Crippen LogP contribution in [0.4, 0.5) is 5.82 Å². The number of nitrogens with zero attached hydrogens (tertiary/aromatic N) is 3. The van der Waals surface area contributed by atoms with E-state index in [1.165, 1.54) is 5.39 Å². The lowest BCUT2D eigenvalue weighted by Crippen LogP contribution is -2.49. The Labute approximate surface area is 169 Å². The van der Waals surface area contributed by atoms with Gasteiger partial charge >= 0.3 is 0 Å². The van der Waals surface area contributed by atoms with Crippen molar-refractivity contribution in [1.82, 2.24) is 20.2 Å². The molecule has 0 bridgehead atoms. The lowest BCUT2D eigenvalue weighted by atomic mass is 10.1. The molecule has 1 aliphatic rings. The summed E-state index contributed by atoms with van der Waals surface area (Å²) in [5, 5.41) is 4.04. The van der Waals surface area contributed by atoms with Crippen LogP contribution >= 0.6 is 0 Å². The maximum Gasteiger partial charge on any atom is 0.232 e. The molecule has 0 atom stereocenters. The summed E-state index contributed by atoms with van der Waals surface area (Å²) in [6, 6.07) is 13.9. The number of aromatic nitrogens is 2. The van der Waals surface area contributed by atoms with Crippen molar-refractivity contribution < 1.29 is 9.59 Å². The zero-order valence-corrected chi connectivity index (χ0v) is 16.3. The number of amides is 2. The number of para-hydroxylation sites is 1. The first-order valence-electron chi connectivity index (χ1n) is 9.96. The standard InChI is InChI=1S/C22H25N5O2/c28-21(24-10-8-17-16-25-19-6-2-1-5-18(17)19)15-22(29)27-13-11-26(12-14-27)20-7-3-4-9-23-20/h1-7,9,16,25H,8,10-15H2,(H,24,28). The van der Waals surface area contributed by atoms with Gasteiger partial charge in [0, 0.05) is 56.0 Å². The van der Waals surface area contributed by atoms with Crippen LogP contribution in [0.5, 0.6) is 0 Å². The second-order valence-corrected chi connectivity index (χ2v) is 7.19. The van der Waals surface area contributed by atoms with Crippen molar-refractivity contribution in [3.63, 3.8) is 0 Å². The van der Waals surface area contributed by atoms with Crippen molar-refractivity contribution in [3.8, 4) is 0 Å². The molecule has 1 saturated heterocycles. The first-order valence-corrected chi connectivity index (χ1v) is 9.96. The highest BCUT2D eigenvalue weighted by Gasteiger charge is 2.23. The van der Waals surface area contributed by atoms with Crippen LogP contribution in [-0.2, 0) is 16.0 Å². The van der Waals surface area contributed by atoms with Gasteiger partial charge in [0.1, 0.15) is 12.2 Å². The fraction of sp³-hybridized carbons (Fsp3) is 0.318. The Bertz CT molecular complexity index is 977. The minimum atomic E-state index is -0.220. The number of benzene rings is 1. The Balaban J connectivity index is 1.20. The summed E-state index contributed by atoms with van der Waals surface area (Å²) in [5.41, 5.74) is 2.26. The third kappa shape index (κ3) is 4.56. The Kier molecular flexibility index (Phi) is 5.74. The lowest BCUT2D eigenvalue weighted by molar-refractivity contribution is -0.136. The van der Waals surface area contributed by atoms with Crippen molar-refractivity contribution in [1.29, 1.82) is 0 Å². The van der Waals surface area contributed by atoms with Crippen LogP contribution in [0.25, 0.3) is 10.9 Å². The maximum absolute atomic E-state index is 12.4. The van der Waals surface area contributed by atoms with Crippen molar-refractivity contribution in [2.24, 2.45) is 0 Å². The van der Waals surface area contributed by atoms with Gasteiger partial charge in [-0.2, -0.15) is 0 Å². The van der Waals surface area contributed by atoms with Crippen LogP contribution in [0.1, 0.15) is 12.0 Å². The number of aromatic amines is 1. The largest absolute Gasteiger partial charge is 0.361 e. The van der Waals surface area contributed by atoms with Gasteiger partial charge < -0.3 is 20.1 Å². The summed E-state index contributed by atoms with van der Waals surface area (Å²) in [5.74, 6) is 0.590. The van der Waals surface area contributed by atoms with Crippen molar-refractivity contribution in [2.75, 3.05) is 37.6 Å². The molecule has 2 amide bonds. The third-order valence-electron chi connectivity index (χ3n) is 5.31. The molecule has 7 nitrogen and oxygen atoms in total. The highest BCUT2D eigenvalue weighted by atomic mass is 16.2. The van der Waals surface area contributed by atoms with Gasteiger partial charge in [-0.15, -0.1) is 0 Å². The van der Waals surface area contributed by atoms with Gasteiger partial charge in [0.05, 0.1) is 0 Å². The molecule has 0 saturated carbocycles. The first kappa shape index (κ1) is 19.0. The van der Waals surface area contributed by atoms with Crippen LogP contribution in [0, 0.1) is 0 Å². The van der Waals surface area contributed by atoms with Crippen LogP contribution in [0.2, 0.25) is 0 Å². The summed E-state index contributed by atoms with van der Waals surface area (Å²) >= 11 is 0. The molecule has 150 valence electrons. The average molecular weight is 391 g/mol. The molecule has 2 aromatic heterocycles. The number of hydrogen-bond donors (Lipinski definition) is 2. The van der Waals surface area contributed by atoms with E-state index in [9.17, 15) is 9.59 Å². The van der Waals surface area contributed by atoms with Crippen molar-refractivity contribution in [3.05, 3.63) is 60.4 Å². The molecule has 1 aliphatic heterocycles. The molecule has 1 aromatic carbocycles. The molecule has 2 N–H and O–H groups in total. The van der Waals surface area contributed by atoms with E-state index in [1.54, 1.807) is 11.1 Å². The molecule has 7 heteroatoms. The van der Waals surface area contributed by atoms with E-state index in [1.807, 2.05) is 42.6 Å². The molecule has 1 fully saturated rings. The smallest absolute Gasteiger partial charge is 0.232 e. The summed E-state index contributed by atoms with van der Waals surface area (Å²) in [6.07, 6.45) is 4.38. The Morgan fingerprint density at radius 2 is 1.83 bits per heavy atom. The molecule has 29 heavy (non-hydrogen) atoms.